The molecule has 262 valence electrons. The molecule has 52 heavy (non-hydrogen) atoms. The average molecular weight is 686 g/mol. The Morgan fingerprint density at radius 1 is 0.442 bits per heavy atom. The van der Waals surface area contributed by atoms with E-state index >= 15 is 0 Å². The minimum atomic E-state index is -0.0540. The van der Waals surface area contributed by atoms with Gasteiger partial charge in [-0.2, -0.15) is 0 Å². The molecule has 5 heteroatoms. The van der Waals surface area contributed by atoms with Gasteiger partial charge in [0.25, 0.3) is 11.8 Å². The summed E-state index contributed by atoms with van der Waals surface area (Å²) in [5.74, 6) is -0.0594. The second-order valence-electron chi connectivity index (χ2n) is 15.3. The van der Waals surface area contributed by atoms with Crippen LogP contribution in [0.5, 0.6) is 0 Å². The molecule has 0 saturated heterocycles. The SMILES string of the molecule is O=C(c1ccc(C(=O)N(C2CCCc3ccccc32)C2CCCc3ccccc32)nc1)N(C1CCCc2ccccc21)C1CCCc2ccccc21. The number of rotatable bonds is 6. The summed E-state index contributed by atoms with van der Waals surface area (Å²) >= 11 is 0. The van der Waals surface area contributed by atoms with Gasteiger partial charge in [-0.1, -0.05) is 97.1 Å². The lowest BCUT2D eigenvalue weighted by molar-refractivity contribution is 0.0493. The second-order valence-corrected chi connectivity index (χ2v) is 15.3. The highest BCUT2D eigenvalue weighted by Gasteiger charge is 2.40. The average Bonchev–Trinajstić information content (AvgIpc) is 3.21. The summed E-state index contributed by atoms with van der Waals surface area (Å²) in [6, 6.07) is 38.2. The smallest absolute Gasteiger partial charge is 0.273 e. The second kappa shape index (κ2) is 14.2. The monoisotopic (exact) mass is 685 g/mol. The van der Waals surface area contributed by atoms with Crippen molar-refractivity contribution in [2.45, 2.75) is 101 Å². The molecule has 0 spiro atoms. The first kappa shape index (κ1) is 32.8. The zero-order chi connectivity index (χ0) is 35.0. The van der Waals surface area contributed by atoms with Crippen molar-refractivity contribution in [2.75, 3.05) is 0 Å². The Morgan fingerprint density at radius 2 is 0.788 bits per heavy atom. The molecule has 0 N–H and O–H groups in total. The summed E-state index contributed by atoms with van der Waals surface area (Å²) in [6.45, 7) is 0. The number of hydrogen-bond donors (Lipinski definition) is 0. The molecule has 4 aliphatic carbocycles. The minimum absolute atomic E-state index is 0.00539. The molecule has 9 rings (SSSR count). The normalized spacial score (nSPS) is 21.8. The Balaban J connectivity index is 1.08. The molecule has 2 amide bonds. The van der Waals surface area contributed by atoms with E-state index in [1.54, 1.807) is 6.20 Å². The summed E-state index contributed by atoms with van der Waals surface area (Å²) in [6.07, 6.45) is 13.8. The lowest BCUT2D eigenvalue weighted by Crippen LogP contribution is -2.42. The Hall–Kier alpha value is -5.03. The third-order valence-electron chi connectivity index (χ3n) is 12.4. The van der Waals surface area contributed by atoms with Crippen molar-refractivity contribution in [3.8, 4) is 0 Å². The first-order chi connectivity index (χ1) is 25.7. The molecule has 4 aliphatic rings. The van der Waals surface area contributed by atoms with Crippen LogP contribution < -0.4 is 0 Å². The van der Waals surface area contributed by atoms with Crippen LogP contribution in [0, 0.1) is 0 Å². The lowest BCUT2D eigenvalue weighted by Gasteiger charge is -2.43. The number of fused-ring (bicyclic) bond motifs is 4. The van der Waals surface area contributed by atoms with Crippen molar-refractivity contribution in [3.05, 3.63) is 171 Å². The molecule has 0 fully saturated rings. The lowest BCUT2D eigenvalue weighted by atomic mass is 9.81. The number of benzene rings is 4. The molecular formula is C47H47N3O2. The molecule has 1 heterocycles. The third-order valence-corrected chi connectivity index (χ3v) is 12.4. The van der Waals surface area contributed by atoms with Crippen LogP contribution in [0.15, 0.2) is 115 Å². The van der Waals surface area contributed by atoms with Gasteiger partial charge in [0.2, 0.25) is 0 Å². The van der Waals surface area contributed by atoms with E-state index in [4.69, 9.17) is 4.98 Å². The summed E-state index contributed by atoms with van der Waals surface area (Å²) < 4.78 is 0. The van der Waals surface area contributed by atoms with E-state index in [1.165, 1.54) is 44.5 Å². The van der Waals surface area contributed by atoms with Crippen LogP contribution in [0.1, 0.15) is 141 Å². The van der Waals surface area contributed by atoms with Crippen LogP contribution >= 0.6 is 0 Å². The fourth-order valence-electron chi connectivity index (χ4n) is 10.00. The van der Waals surface area contributed by atoms with E-state index in [0.29, 0.717) is 11.3 Å². The molecule has 4 aromatic carbocycles. The summed E-state index contributed by atoms with van der Waals surface area (Å²) in [4.78, 5) is 39.0. The number of carbonyl (C=O) groups excluding carboxylic acids is 2. The maximum absolute atomic E-state index is 14.9. The number of nitrogens with zero attached hydrogens (tertiary/aromatic N) is 3. The summed E-state index contributed by atoms with van der Waals surface area (Å²) in [5, 5.41) is 0. The number of aryl methyl sites for hydroxylation is 4. The molecule has 0 radical (unpaired) electrons. The number of hydrogen-bond acceptors (Lipinski definition) is 3. The fraction of sp³-hybridized carbons (Fsp3) is 0.340. The van der Waals surface area contributed by atoms with Crippen LogP contribution in [0.2, 0.25) is 0 Å². The predicted molar refractivity (Wildman–Crippen MR) is 205 cm³/mol. The van der Waals surface area contributed by atoms with Gasteiger partial charge in [0.15, 0.2) is 0 Å². The van der Waals surface area contributed by atoms with Gasteiger partial charge in [-0.3, -0.25) is 14.6 Å². The van der Waals surface area contributed by atoms with Crippen molar-refractivity contribution >= 4 is 11.8 Å². The van der Waals surface area contributed by atoms with Crippen LogP contribution in [0.25, 0.3) is 0 Å². The molecule has 0 saturated carbocycles. The van der Waals surface area contributed by atoms with Gasteiger partial charge in [-0.05, 0) is 134 Å². The number of aromatic nitrogens is 1. The molecule has 0 aliphatic heterocycles. The first-order valence-corrected chi connectivity index (χ1v) is 19.6. The number of carbonyl (C=O) groups is 2. The highest BCUT2D eigenvalue weighted by atomic mass is 16.2. The molecule has 5 nitrogen and oxygen atoms in total. The van der Waals surface area contributed by atoms with Crippen LogP contribution in [-0.4, -0.2) is 26.6 Å². The standard InChI is InChI=1S/C47H47N3O2/c51-46(49(42-25-9-17-32-13-1-5-21-37(32)42)43-26-10-18-33-14-2-6-22-38(33)43)36-29-30-41(48-31-36)47(52)50(44-27-11-19-34-15-3-7-23-39(34)44)45-28-12-20-35-16-4-8-24-40(35)45/h1-8,13-16,21-24,29-31,42-45H,9-12,17-20,25-28H2. The Morgan fingerprint density at radius 3 is 1.13 bits per heavy atom. The van der Waals surface area contributed by atoms with Crippen molar-refractivity contribution in [1.82, 2.24) is 14.8 Å². The van der Waals surface area contributed by atoms with E-state index < -0.39 is 0 Å². The van der Waals surface area contributed by atoms with Gasteiger partial charge in [0, 0.05) is 6.20 Å². The number of pyridine rings is 1. The maximum atomic E-state index is 14.9. The van der Waals surface area contributed by atoms with E-state index in [0.717, 1.165) is 77.0 Å². The Labute approximate surface area is 307 Å². The van der Waals surface area contributed by atoms with E-state index in [1.807, 2.05) is 12.1 Å². The van der Waals surface area contributed by atoms with Crippen molar-refractivity contribution in [2.24, 2.45) is 0 Å². The van der Waals surface area contributed by atoms with Crippen molar-refractivity contribution in [1.29, 1.82) is 0 Å². The molecule has 4 atom stereocenters. The van der Waals surface area contributed by atoms with Gasteiger partial charge < -0.3 is 9.80 Å². The highest BCUT2D eigenvalue weighted by molar-refractivity contribution is 5.97. The van der Waals surface area contributed by atoms with E-state index in [-0.39, 0.29) is 36.0 Å². The van der Waals surface area contributed by atoms with Gasteiger partial charge in [0.05, 0.1) is 29.7 Å². The van der Waals surface area contributed by atoms with Gasteiger partial charge >= 0.3 is 0 Å². The van der Waals surface area contributed by atoms with Gasteiger partial charge in [-0.15, -0.1) is 0 Å². The predicted octanol–water partition coefficient (Wildman–Crippen LogP) is 10.3. The Kier molecular flexibility index (Phi) is 8.96. The maximum Gasteiger partial charge on any atom is 0.273 e. The first-order valence-electron chi connectivity index (χ1n) is 19.6. The van der Waals surface area contributed by atoms with Crippen LogP contribution in [-0.2, 0) is 25.7 Å². The molecule has 0 bridgehead atoms. The minimum Gasteiger partial charge on any atom is -0.324 e. The van der Waals surface area contributed by atoms with Crippen LogP contribution in [0.3, 0.4) is 0 Å². The third kappa shape index (κ3) is 5.94. The molecular weight excluding hydrogens is 639 g/mol. The summed E-state index contributed by atoms with van der Waals surface area (Å²) in [7, 11) is 0. The summed E-state index contributed by atoms with van der Waals surface area (Å²) in [5.41, 5.74) is 11.3. The van der Waals surface area contributed by atoms with Crippen molar-refractivity contribution in [3.63, 3.8) is 0 Å². The highest BCUT2D eigenvalue weighted by Crippen LogP contribution is 2.46. The van der Waals surface area contributed by atoms with Gasteiger partial charge in [-0.25, -0.2) is 0 Å². The zero-order valence-electron chi connectivity index (χ0n) is 29.9. The van der Waals surface area contributed by atoms with Crippen LogP contribution in [0.4, 0.5) is 0 Å². The van der Waals surface area contributed by atoms with E-state index in [2.05, 4.69) is 107 Å². The molecule has 1 aromatic heterocycles. The van der Waals surface area contributed by atoms with Gasteiger partial charge in [0.1, 0.15) is 5.69 Å². The molecule has 4 unspecified atom stereocenters. The van der Waals surface area contributed by atoms with E-state index in [9.17, 15) is 9.59 Å². The topological polar surface area (TPSA) is 53.5 Å². The number of amides is 2. The fourth-order valence-corrected chi connectivity index (χ4v) is 10.00. The van der Waals surface area contributed by atoms with Crippen molar-refractivity contribution < 1.29 is 9.59 Å². The molecule has 5 aromatic rings. The largest absolute Gasteiger partial charge is 0.324 e. The Bertz CT molecular complexity index is 1840. The zero-order valence-corrected chi connectivity index (χ0v) is 29.9. The quantitative estimate of drug-likeness (QED) is 0.179.